The van der Waals surface area contributed by atoms with Crippen molar-refractivity contribution >= 4 is 21.6 Å². The first-order chi connectivity index (χ1) is 5.46. The van der Waals surface area contributed by atoms with Crippen LogP contribution in [0.1, 0.15) is 48.5 Å². The fraction of sp³-hybridized carbons (Fsp3) is 1.00. The topological polar surface area (TPSA) is 20.2 Å². The van der Waals surface area contributed by atoms with Gasteiger partial charge in [0, 0.05) is 9.49 Å². The molecule has 0 radical (unpaired) electrons. The molecule has 0 aromatic rings. The lowest BCUT2D eigenvalue weighted by molar-refractivity contribution is 0.0498. The monoisotopic (exact) mass is 222 g/mol. The molecular formula is C10H22OS2. The van der Waals surface area contributed by atoms with Crippen molar-refractivity contribution in [1.82, 2.24) is 0 Å². The Balaban J connectivity index is 4.21. The Morgan fingerprint density at radius 3 is 1.38 bits per heavy atom. The van der Waals surface area contributed by atoms with E-state index >= 15 is 0 Å². The molecule has 0 bridgehead atoms. The Morgan fingerprint density at radius 2 is 1.15 bits per heavy atom. The second-order valence-corrected chi connectivity index (χ2v) is 8.93. The third-order valence-electron chi connectivity index (χ3n) is 1.97. The molecule has 3 heteroatoms. The number of rotatable bonds is 3. The van der Waals surface area contributed by atoms with Crippen molar-refractivity contribution in [3.8, 4) is 0 Å². The van der Waals surface area contributed by atoms with Gasteiger partial charge in [-0.25, -0.2) is 0 Å². The van der Waals surface area contributed by atoms with Crippen LogP contribution in [0.3, 0.4) is 0 Å². The van der Waals surface area contributed by atoms with Crippen LogP contribution >= 0.6 is 21.6 Å². The van der Waals surface area contributed by atoms with Gasteiger partial charge in [0.2, 0.25) is 0 Å². The summed E-state index contributed by atoms with van der Waals surface area (Å²) in [5, 5.41) is 9.91. The molecule has 0 aliphatic carbocycles. The molecule has 1 nitrogen and oxygen atoms in total. The maximum absolute atomic E-state index is 9.91. The van der Waals surface area contributed by atoms with Crippen LogP contribution in [-0.2, 0) is 0 Å². The average molecular weight is 222 g/mol. The summed E-state index contributed by atoms with van der Waals surface area (Å²) in [5.74, 6) is 0. The first kappa shape index (κ1) is 13.7. The van der Waals surface area contributed by atoms with E-state index in [1.165, 1.54) is 0 Å². The zero-order chi connectivity index (χ0) is 10.9. The standard InChI is InChI=1S/C10H22OS2/c1-8(2,3)12-13-10(6,7)9(4,5)11/h11H,1-7H3. The molecule has 0 amide bonds. The number of aliphatic hydroxyl groups is 1. The van der Waals surface area contributed by atoms with Crippen LogP contribution in [0.2, 0.25) is 0 Å². The van der Waals surface area contributed by atoms with Crippen LogP contribution in [-0.4, -0.2) is 20.2 Å². The van der Waals surface area contributed by atoms with Gasteiger partial charge < -0.3 is 5.11 Å². The van der Waals surface area contributed by atoms with Crippen molar-refractivity contribution < 1.29 is 5.11 Å². The first-order valence-corrected chi connectivity index (χ1v) is 6.70. The van der Waals surface area contributed by atoms with Crippen molar-refractivity contribution in [3.63, 3.8) is 0 Å². The SMILES string of the molecule is CC(C)(C)SSC(C)(C)C(C)(C)O. The minimum absolute atomic E-state index is 0.120. The van der Waals surface area contributed by atoms with Crippen molar-refractivity contribution in [2.75, 3.05) is 0 Å². The molecule has 0 spiro atoms. The summed E-state index contributed by atoms with van der Waals surface area (Å²) in [4.78, 5) is 0. The van der Waals surface area contributed by atoms with Gasteiger partial charge in [-0.1, -0.05) is 42.4 Å². The fourth-order valence-corrected chi connectivity index (χ4v) is 2.98. The zero-order valence-corrected chi connectivity index (χ0v) is 11.4. The summed E-state index contributed by atoms with van der Waals surface area (Å²) in [5.41, 5.74) is -0.643. The van der Waals surface area contributed by atoms with Gasteiger partial charge in [-0.05, 0) is 27.7 Å². The summed E-state index contributed by atoms with van der Waals surface area (Å²) < 4.78 is 0.123. The minimum Gasteiger partial charge on any atom is -0.389 e. The van der Waals surface area contributed by atoms with E-state index in [-0.39, 0.29) is 9.49 Å². The van der Waals surface area contributed by atoms with E-state index in [1.54, 1.807) is 10.8 Å². The normalized spacial score (nSPS) is 14.8. The molecule has 0 aliphatic rings. The van der Waals surface area contributed by atoms with Gasteiger partial charge in [-0.15, -0.1) is 0 Å². The van der Waals surface area contributed by atoms with Crippen molar-refractivity contribution in [3.05, 3.63) is 0 Å². The van der Waals surface area contributed by atoms with Gasteiger partial charge >= 0.3 is 0 Å². The minimum atomic E-state index is -0.643. The lowest BCUT2D eigenvalue weighted by Crippen LogP contribution is -2.41. The molecule has 0 saturated carbocycles. The highest BCUT2D eigenvalue weighted by atomic mass is 33.1. The van der Waals surface area contributed by atoms with Crippen LogP contribution in [0, 0.1) is 0 Å². The van der Waals surface area contributed by atoms with Gasteiger partial charge in [-0.2, -0.15) is 0 Å². The molecule has 0 atom stereocenters. The van der Waals surface area contributed by atoms with Crippen LogP contribution in [0.15, 0.2) is 0 Å². The third kappa shape index (κ3) is 5.18. The zero-order valence-electron chi connectivity index (χ0n) is 9.76. The molecule has 0 aliphatic heterocycles. The van der Waals surface area contributed by atoms with Gasteiger partial charge in [0.25, 0.3) is 0 Å². The molecule has 0 saturated heterocycles. The van der Waals surface area contributed by atoms with Gasteiger partial charge in [0.05, 0.1) is 5.60 Å². The van der Waals surface area contributed by atoms with Crippen molar-refractivity contribution in [1.29, 1.82) is 0 Å². The first-order valence-electron chi connectivity index (χ1n) is 4.55. The molecule has 80 valence electrons. The fourth-order valence-electron chi connectivity index (χ4n) is 0.331. The number of hydrogen-bond donors (Lipinski definition) is 1. The Labute approximate surface area is 90.5 Å². The summed E-state index contributed by atoms with van der Waals surface area (Å²) in [6.45, 7) is 14.4. The Hall–Kier alpha value is 0.660. The van der Waals surface area contributed by atoms with E-state index < -0.39 is 5.60 Å². The van der Waals surface area contributed by atoms with Gasteiger partial charge in [-0.3, -0.25) is 0 Å². The Kier molecular flexibility index (Phi) is 4.24. The molecule has 0 rings (SSSR count). The summed E-state index contributed by atoms with van der Waals surface area (Å²) in [6, 6.07) is 0. The lowest BCUT2D eigenvalue weighted by atomic mass is 9.94. The highest BCUT2D eigenvalue weighted by Crippen LogP contribution is 2.47. The summed E-state index contributed by atoms with van der Waals surface area (Å²) in [7, 11) is 3.58. The summed E-state index contributed by atoms with van der Waals surface area (Å²) in [6.07, 6.45) is 0. The van der Waals surface area contributed by atoms with Gasteiger partial charge in [0.1, 0.15) is 0 Å². The van der Waals surface area contributed by atoms with E-state index in [9.17, 15) is 5.11 Å². The predicted octanol–water partition coefficient (Wildman–Crippen LogP) is 3.72. The van der Waals surface area contributed by atoms with Crippen LogP contribution in [0.5, 0.6) is 0 Å². The molecule has 13 heavy (non-hydrogen) atoms. The molecule has 0 aromatic carbocycles. The Bertz CT molecular complexity index is 163. The molecule has 0 fully saturated rings. The van der Waals surface area contributed by atoms with E-state index in [2.05, 4.69) is 34.6 Å². The maximum Gasteiger partial charge on any atom is 0.0740 e. The molecule has 0 unspecified atom stereocenters. The summed E-state index contributed by atoms with van der Waals surface area (Å²) >= 11 is 0. The van der Waals surface area contributed by atoms with E-state index in [4.69, 9.17) is 0 Å². The number of hydrogen-bond acceptors (Lipinski definition) is 3. The van der Waals surface area contributed by atoms with E-state index in [0.29, 0.717) is 0 Å². The van der Waals surface area contributed by atoms with Gasteiger partial charge in [0.15, 0.2) is 0 Å². The molecule has 1 N–H and O–H groups in total. The van der Waals surface area contributed by atoms with Crippen LogP contribution in [0.4, 0.5) is 0 Å². The quantitative estimate of drug-likeness (QED) is 0.735. The second kappa shape index (κ2) is 4.03. The highest BCUT2D eigenvalue weighted by molar-refractivity contribution is 8.77. The Morgan fingerprint density at radius 1 is 0.769 bits per heavy atom. The van der Waals surface area contributed by atoms with Crippen LogP contribution < -0.4 is 0 Å². The maximum atomic E-state index is 9.91. The largest absolute Gasteiger partial charge is 0.389 e. The van der Waals surface area contributed by atoms with E-state index in [1.807, 2.05) is 24.6 Å². The second-order valence-electron chi connectivity index (χ2n) is 5.35. The lowest BCUT2D eigenvalue weighted by Gasteiger charge is -2.37. The van der Waals surface area contributed by atoms with Crippen molar-refractivity contribution in [2.24, 2.45) is 0 Å². The highest BCUT2D eigenvalue weighted by Gasteiger charge is 2.37. The smallest absolute Gasteiger partial charge is 0.0740 e. The average Bonchev–Trinajstić information content (AvgIpc) is 1.79. The third-order valence-corrected chi connectivity index (χ3v) is 6.47. The van der Waals surface area contributed by atoms with Crippen LogP contribution in [0.25, 0.3) is 0 Å². The predicted molar refractivity (Wildman–Crippen MR) is 65.3 cm³/mol. The molecular weight excluding hydrogens is 200 g/mol. The van der Waals surface area contributed by atoms with Crippen molar-refractivity contribution in [2.45, 2.75) is 63.6 Å². The van der Waals surface area contributed by atoms with E-state index in [0.717, 1.165) is 0 Å². The molecule has 0 heterocycles. The molecule has 0 aromatic heterocycles.